The molecule has 1 aliphatic rings. The summed E-state index contributed by atoms with van der Waals surface area (Å²) in [5, 5.41) is 0. The smallest absolute Gasteiger partial charge is 0.243 e. The third kappa shape index (κ3) is 3.34. The number of rotatable bonds is 4. The number of hydrogen-bond acceptors (Lipinski definition) is 3. The summed E-state index contributed by atoms with van der Waals surface area (Å²) in [5.41, 5.74) is 5.60. The summed E-state index contributed by atoms with van der Waals surface area (Å²) in [6.07, 6.45) is 4.39. The Hall–Kier alpha value is -1.05. The van der Waals surface area contributed by atoms with Crippen molar-refractivity contribution < 1.29 is 17.2 Å². The van der Waals surface area contributed by atoms with E-state index in [0.29, 0.717) is 0 Å². The van der Waals surface area contributed by atoms with Gasteiger partial charge in [-0.05, 0) is 30.5 Å². The van der Waals surface area contributed by atoms with Gasteiger partial charge in [0.25, 0.3) is 0 Å². The molecule has 0 amide bonds. The highest BCUT2D eigenvalue weighted by Gasteiger charge is 2.26. The van der Waals surface area contributed by atoms with Crippen molar-refractivity contribution in [3.63, 3.8) is 0 Å². The molecule has 1 aromatic carbocycles. The molecule has 1 saturated carbocycles. The molecule has 0 radical (unpaired) electrons. The molecule has 112 valence electrons. The molecule has 1 aromatic rings. The zero-order valence-electron chi connectivity index (χ0n) is 11.0. The van der Waals surface area contributed by atoms with Crippen molar-refractivity contribution >= 4 is 10.0 Å². The summed E-state index contributed by atoms with van der Waals surface area (Å²) in [4.78, 5) is -0.663. The topological polar surface area (TPSA) is 72.2 Å². The van der Waals surface area contributed by atoms with Crippen LogP contribution in [0.4, 0.5) is 8.78 Å². The Balaban J connectivity index is 2.30. The van der Waals surface area contributed by atoms with Gasteiger partial charge in [0, 0.05) is 12.6 Å². The van der Waals surface area contributed by atoms with Crippen LogP contribution in [0.3, 0.4) is 0 Å². The summed E-state index contributed by atoms with van der Waals surface area (Å²) < 4.78 is 54.0. The highest BCUT2D eigenvalue weighted by Crippen LogP contribution is 2.23. The summed E-state index contributed by atoms with van der Waals surface area (Å²) >= 11 is 0. The Labute approximate surface area is 117 Å². The fourth-order valence-electron chi connectivity index (χ4n) is 2.43. The fourth-order valence-corrected chi connectivity index (χ4v) is 3.88. The lowest BCUT2D eigenvalue weighted by Crippen LogP contribution is -2.36. The van der Waals surface area contributed by atoms with Crippen LogP contribution in [0, 0.1) is 11.6 Å². The van der Waals surface area contributed by atoms with E-state index in [2.05, 4.69) is 4.72 Å². The molecule has 3 N–H and O–H groups in total. The average Bonchev–Trinajstić information content (AvgIpc) is 2.42. The zero-order valence-corrected chi connectivity index (χ0v) is 11.8. The first-order valence-electron chi connectivity index (χ1n) is 6.64. The van der Waals surface area contributed by atoms with Gasteiger partial charge in [-0.3, -0.25) is 0 Å². The Morgan fingerprint density at radius 1 is 1.20 bits per heavy atom. The van der Waals surface area contributed by atoms with Crippen molar-refractivity contribution in [2.75, 3.05) is 0 Å². The molecule has 4 nitrogen and oxygen atoms in total. The van der Waals surface area contributed by atoms with Crippen molar-refractivity contribution in [1.29, 1.82) is 0 Å². The molecule has 0 heterocycles. The molecule has 20 heavy (non-hydrogen) atoms. The highest BCUT2D eigenvalue weighted by molar-refractivity contribution is 7.89. The van der Waals surface area contributed by atoms with Gasteiger partial charge >= 0.3 is 0 Å². The van der Waals surface area contributed by atoms with Crippen LogP contribution in [-0.4, -0.2) is 14.5 Å². The van der Waals surface area contributed by atoms with Gasteiger partial charge in [-0.1, -0.05) is 19.3 Å². The number of benzene rings is 1. The zero-order chi connectivity index (χ0) is 14.8. The van der Waals surface area contributed by atoms with E-state index in [1.165, 1.54) is 0 Å². The third-order valence-electron chi connectivity index (χ3n) is 3.51. The maximum Gasteiger partial charge on any atom is 0.243 e. The number of nitrogens with one attached hydrogen (secondary N) is 1. The van der Waals surface area contributed by atoms with Crippen molar-refractivity contribution in [3.05, 3.63) is 29.3 Å². The Bertz CT molecular complexity index is 584. The summed E-state index contributed by atoms with van der Waals surface area (Å²) in [6.45, 7) is -0.0524. The SMILES string of the molecule is NCc1cc(F)c(F)c(S(=O)(=O)NC2CCCCC2)c1. The normalized spacial score (nSPS) is 17.4. The summed E-state index contributed by atoms with van der Waals surface area (Å²) in [6, 6.07) is 1.79. The van der Waals surface area contributed by atoms with Crippen LogP contribution in [-0.2, 0) is 16.6 Å². The fraction of sp³-hybridized carbons (Fsp3) is 0.538. The molecular formula is C13H18F2N2O2S. The van der Waals surface area contributed by atoms with Gasteiger partial charge in [-0.15, -0.1) is 0 Å². The lowest BCUT2D eigenvalue weighted by molar-refractivity contribution is 0.410. The molecule has 0 aromatic heterocycles. The first kappa shape index (κ1) is 15.3. The molecule has 0 spiro atoms. The molecule has 0 bridgehead atoms. The molecule has 1 fully saturated rings. The van der Waals surface area contributed by atoms with Crippen LogP contribution in [0.1, 0.15) is 37.7 Å². The summed E-state index contributed by atoms with van der Waals surface area (Å²) in [7, 11) is -4.07. The van der Waals surface area contributed by atoms with Crippen molar-refractivity contribution in [2.24, 2.45) is 5.73 Å². The molecule has 0 aliphatic heterocycles. The second-order valence-electron chi connectivity index (χ2n) is 5.05. The van der Waals surface area contributed by atoms with E-state index >= 15 is 0 Å². The van der Waals surface area contributed by atoms with E-state index < -0.39 is 26.6 Å². The number of hydrogen-bond donors (Lipinski definition) is 2. The Morgan fingerprint density at radius 2 is 1.85 bits per heavy atom. The maximum absolute atomic E-state index is 13.7. The monoisotopic (exact) mass is 304 g/mol. The van der Waals surface area contributed by atoms with Crippen LogP contribution >= 0.6 is 0 Å². The van der Waals surface area contributed by atoms with Gasteiger partial charge < -0.3 is 5.73 Å². The molecule has 0 unspecified atom stereocenters. The predicted octanol–water partition coefficient (Wildman–Crippen LogP) is 2.03. The maximum atomic E-state index is 13.7. The minimum absolute atomic E-state index is 0.0524. The largest absolute Gasteiger partial charge is 0.326 e. The van der Waals surface area contributed by atoms with Crippen molar-refractivity contribution in [1.82, 2.24) is 4.72 Å². The van der Waals surface area contributed by atoms with E-state index in [1.54, 1.807) is 0 Å². The molecule has 0 saturated heterocycles. The predicted molar refractivity (Wildman–Crippen MR) is 71.4 cm³/mol. The molecule has 7 heteroatoms. The first-order valence-corrected chi connectivity index (χ1v) is 8.12. The minimum Gasteiger partial charge on any atom is -0.326 e. The Morgan fingerprint density at radius 3 is 2.45 bits per heavy atom. The lowest BCUT2D eigenvalue weighted by Gasteiger charge is -2.22. The van der Waals surface area contributed by atoms with Crippen molar-refractivity contribution in [3.8, 4) is 0 Å². The van der Waals surface area contributed by atoms with Crippen LogP contribution in [0.25, 0.3) is 0 Å². The van der Waals surface area contributed by atoms with Crippen LogP contribution in [0.15, 0.2) is 17.0 Å². The van der Waals surface area contributed by atoms with Gasteiger partial charge in [-0.2, -0.15) is 0 Å². The van der Waals surface area contributed by atoms with Gasteiger partial charge in [0.1, 0.15) is 4.90 Å². The van der Waals surface area contributed by atoms with E-state index in [1.807, 2.05) is 0 Å². The summed E-state index contributed by atoms with van der Waals surface area (Å²) in [5.74, 6) is -2.55. The van der Waals surface area contributed by atoms with E-state index in [9.17, 15) is 17.2 Å². The van der Waals surface area contributed by atoms with E-state index in [-0.39, 0.29) is 18.2 Å². The van der Waals surface area contributed by atoms with Gasteiger partial charge in [0.2, 0.25) is 10.0 Å². The van der Waals surface area contributed by atoms with E-state index in [0.717, 1.165) is 44.2 Å². The molecule has 1 aliphatic carbocycles. The number of halogens is 2. The number of nitrogens with two attached hydrogens (primary N) is 1. The minimum atomic E-state index is -4.07. The third-order valence-corrected chi connectivity index (χ3v) is 5.03. The van der Waals surface area contributed by atoms with Crippen molar-refractivity contribution in [2.45, 2.75) is 49.6 Å². The van der Waals surface area contributed by atoms with Crippen LogP contribution in [0.2, 0.25) is 0 Å². The van der Waals surface area contributed by atoms with Gasteiger partial charge in [0.15, 0.2) is 11.6 Å². The van der Waals surface area contributed by atoms with Gasteiger partial charge in [-0.25, -0.2) is 21.9 Å². The first-order chi connectivity index (χ1) is 9.44. The van der Waals surface area contributed by atoms with Gasteiger partial charge in [0.05, 0.1) is 0 Å². The Kier molecular flexibility index (Phi) is 4.72. The number of sulfonamides is 1. The standard InChI is InChI=1S/C13H18F2N2O2S/c14-11-6-9(8-16)7-12(13(11)15)20(18,19)17-10-4-2-1-3-5-10/h6-7,10,17H,1-5,8,16H2. The van der Waals surface area contributed by atoms with Crippen LogP contribution < -0.4 is 10.5 Å². The quantitative estimate of drug-likeness (QED) is 0.894. The highest BCUT2D eigenvalue weighted by atomic mass is 32.2. The molecule has 0 atom stereocenters. The second kappa shape index (κ2) is 6.15. The lowest BCUT2D eigenvalue weighted by atomic mass is 9.96. The molecule has 2 rings (SSSR count). The molecular weight excluding hydrogens is 286 g/mol. The van der Waals surface area contributed by atoms with E-state index in [4.69, 9.17) is 5.73 Å². The van der Waals surface area contributed by atoms with Crippen LogP contribution in [0.5, 0.6) is 0 Å². The second-order valence-corrected chi connectivity index (χ2v) is 6.73. The average molecular weight is 304 g/mol.